The summed E-state index contributed by atoms with van der Waals surface area (Å²) in [6, 6.07) is 0. The van der Waals surface area contributed by atoms with E-state index in [1.807, 2.05) is 6.08 Å². The number of halogens is 3. The first-order valence-electron chi connectivity index (χ1n) is 6.14. The summed E-state index contributed by atoms with van der Waals surface area (Å²) in [5.74, 6) is -2.09. The van der Waals surface area contributed by atoms with Gasteiger partial charge in [-0.25, -0.2) is 0 Å². The zero-order chi connectivity index (χ0) is 14.8. The van der Waals surface area contributed by atoms with Gasteiger partial charge in [-0.1, -0.05) is 17.3 Å². The number of nitrogens with zero attached hydrogens (tertiary/aromatic N) is 2. The normalized spacial score (nSPS) is 22.9. The smallest absolute Gasteiger partial charge is 0.389 e. The van der Waals surface area contributed by atoms with Gasteiger partial charge in [-0.15, -0.1) is 0 Å². The van der Waals surface area contributed by atoms with Crippen LogP contribution >= 0.6 is 0 Å². The minimum Gasteiger partial charge on any atom is -0.481 e. The number of carboxylic acids is 1. The molecule has 0 radical (unpaired) electrons. The van der Waals surface area contributed by atoms with Gasteiger partial charge in [0.05, 0.1) is 18.3 Å². The van der Waals surface area contributed by atoms with Crippen LogP contribution in [0.15, 0.2) is 16.7 Å². The van der Waals surface area contributed by atoms with Crippen LogP contribution in [0.3, 0.4) is 0 Å². The third kappa shape index (κ3) is 3.58. The summed E-state index contributed by atoms with van der Waals surface area (Å²) in [6.07, 6.45) is -1.33. The Morgan fingerprint density at radius 3 is 2.75 bits per heavy atom. The molecule has 1 aliphatic rings. The van der Waals surface area contributed by atoms with Gasteiger partial charge in [-0.2, -0.15) is 18.2 Å². The number of carbonyl (C=O) groups is 1. The third-order valence-corrected chi connectivity index (χ3v) is 3.18. The Kier molecular flexibility index (Phi) is 4.10. The van der Waals surface area contributed by atoms with Crippen LogP contribution in [-0.4, -0.2) is 27.4 Å². The highest BCUT2D eigenvalue weighted by molar-refractivity contribution is 5.71. The Hall–Kier alpha value is -1.86. The number of aryl methyl sites for hydroxylation is 1. The molecule has 1 aromatic rings. The van der Waals surface area contributed by atoms with E-state index in [2.05, 4.69) is 10.1 Å². The highest BCUT2D eigenvalue weighted by Gasteiger charge is 2.34. The summed E-state index contributed by atoms with van der Waals surface area (Å²) in [5.41, 5.74) is 0. The molecule has 110 valence electrons. The molecule has 5 nitrogen and oxygen atoms in total. The van der Waals surface area contributed by atoms with Gasteiger partial charge in [0.15, 0.2) is 5.82 Å². The van der Waals surface area contributed by atoms with Gasteiger partial charge in [0.2, 0.25) is 5.89 Å². The molecule has 1 heterocycles. The zero-order valence-corrected chi connectivity index (χ0v) is 10.4. The topological polar surface area (TPSA) is 76.2 Å². The Morgan fingerprint density at radius 1 is 1.40 bits per heavy atom. The Labute approximate surface area is 112 Å². The molecule has 0 aliphatic heterocycles. The molecule has 2 atom stereocenters. The van der Waals surface area contributed by atoms with Crippen LogP contribution in [0.4, 0.5) is 13.2 Å². The van der Waals surface area contributed by atoms with Gasteiger partial charge in [-0.05, 0) is 12.8 Å². The second kappa shape index (κ2) is 5.64. The van der Waals surface area contributed by atoms with Gasteiger partial charge in [0, 0.05) is 6.42 Å². The maximum Gasteiger partial charge on any atom is 0.389 e. The van der Waals surface area contributed by atoms with Crippen molar-refractivity contribution in [1.82, 2.24) is 10.1 Å². The van der Waals surface area contributed by atoms with Crippen LogP contribution in [0.2, 0.25) is 0 Å². The van der Waals surface area contributed by atoms with Crippen molar-refractivity contribution < 1.29 is 27.6 Å². The fourth-order valence-corrected chi connectivity index (χ4v) is 2.13. The summed E-state index contributed by atoms with van der Waals surface area (Å²) in [7, 11) is 0. The number of aliphatic carboxylic acids is 1. The van der Waals surface area contributed by atoms with Crippen molar-refractivity contribution >= 4 is 5.97 Å². The van der Waals surface area contributed by atoms with Crippen molar-refractivity contribution in [3.63, 3.8) is 0 Å². The summed E-state index contributed by atoms with van der Waals surface area (Å²) in [4.78, 5) is 15.0. The van der Waals surface area contributed by atoms with E-state index >= 15 is 0 Å². The average molecular weight is 290 g/mol. The SMILES string of the molecule is O=C(O)[C@H]1CC=CC[C@H]1c1nc(CCC(F)(F)F)no1. The lowest BCUT2D eigenvalue weighted by Crippen LogP contribution is -2.23. The molecule has 0 saturated carbocycles. The van der Waals surface area contributed by atoms with Crippen molar-refractivity contribution in [3.05, 3.63) is 23.9 Å². The van der Waals surface area contributed by atoms with Crippen molar-refractivity contribution in [2.24, 2.45) is 5.92 Å². The second-order valence-electron chi connectivity index (χ2n) is 4.66. The van der Waals surface area contributed by atoms with E-state index in [-0.39, 0.29) is 18.1 Å². The first-order chi connectivity index (χ1) is 9.37. The minimum absolute atomic E-state index is 0.0454. The van der Waals surface area contributed by atoms with Crippen molar-refractivity contribution in [2.75, 3.05) is 0 Å². The van der Waals surface area contributed by atoms with Crippen molar-refractivity contribution in [2.45, 2.75) is 37.8 Å². The maximum absolute atomic E-state index is 12.1. The highest BCUT2D eigenvalue weighted by atomic mass is 19.4. The molecule has 0 fully saturated rings. The molecule has 0 bridgehead atoms. The first-order valence-corrected chi connectivity index (χ1v) is 6.14. The average Bonchev–Trinajstić information content (AvgIpc) is 2.84. The lowest BCUT2D eigenvalue weighted by molar-refractivity contribution is -0.142. The number of hydrogen-bond acceptors (Lipinski definition) is 4. The first kappa shape index (κ1) is 14.5. The number of hydrogen-bond donors (Lipinski definition) is 1. The van der Waals surface area contributed by atoms with Gasteiger partial charge < -0.3 is 9.63 Å². The second-order valence-corrected chi connectivity index (χ2v) is 4.66. The van der Waals surface area contributed by atoms with Crippen LogP contribution in [0, 0.1) is 5.92 Å². The van der Waals surface area contributed by atoms with Gasteiger partial charge in [0.1, 0.15) is 0 Å². The van der Waals surface area contributed by atoms with E-state index in [1.165, 1.54) is 0 Å². The zero-order valence-electron chi connectivity index (χ0n) is 10.4. The molecule has 0 spiro atoms. The molecule has 8 heteroatoms. The predicted molar refractivity (Wildman–Crippen MR) is 60.9 cm³/mol. The Balaban J connectivity index is 2.07. The fraction of sp³-hybridized carbons (Fsp3) is 0.583. The molecular weight excluding hydrogens is 277 g/mol. The maximum atomic E-state index is 12.1. The molecule has 1 aromatic heterocycles. The molecular formula is C12H13F3N2O3. The number of rotatable bonds is 4. The fourth-order valence-electron chi connectivity index (χ4n) is 2.13. The van der Waals surface area contributed by atoms with Gasteiger partial charge in [-0.3, -0.25) is 4.79 Å². The summed E-state index contributed by atoms with van der Waals surface area (Å²) < 4.78 is 41.2. The van der Waals surface area contributed by atoms with Crippen LogP contribution in [-0.2, 0) is 11.2 Å². The molecule has 20 heavy (non-hydrogen) atoms. The van der Waals surface area contributed by atoms with E-state index < -0.39 is 30.4 Å². The monoisotopic (exact) mass is 290 g/mol. The van der Waals surface area contributed by atoms with Crippen LogP contribution in [0.25, 0.3) is 0 Å². The van der Waals surface area contributed by atoms with E-state index in [0.717, 1.165) is 0 Å². The van der Waals surface area contributed by atoms with Crippen LogP contribution in [0.1, 0.15) is 36.9 Å². The highest BCUT2D eigenvalue weighted by Crippen LogP contribution is 2.34. The van der Waals surface area contributed by atoms with Crippen molar-refractivity contribution in [3.8, 4) is 0 Å². The van der Waals surface area contributed by atoms with Crippen molar-refractivity contribution in [1.29, 1.82) is 0 Å². The molecule has 0 unspecified atom stereocenters. The van der Waals surface area contributed by atoms with E-state index in [4.69, 9.17) is 9.63 Å². The number of aromatic nitrogens is 2. The number of carboxylic acid groups (broad SMARTS) is 1. The Bertz CT molecular complexity index is 510. The van der Waals surface area contributed by atoms with E-state index in [1.54, 1.807) is 6.08 Å². The quantitative estimate of drug-likeness (QED) is 0.863. The van der Waals surface area contributed by atoms with Gasteiger partial charge >= 0.3 is 12.1 Å². The van der Waals surface area contributed by atoms with E-state index in [0.29, 0.717) is 12.8 Å². The number of alkyl halides is 3. The minimum atomic E-state index is -4.28. The summed E-state index contributed by atoms with van der Waals surface area (Å²) >= 11 is 0. The number of allylic oxidation sites excluding steroid dienone is 2. The molecule has 1 aliphatic carbocycles. The third-order valence-electron chi connectivity index (χ3n) is 3.18. The molecule has 2 rings (SSSR count). The largest absolute Gasteiger partial charge is 0.481 e. The predicted octanol–water partition coefficient (Wildman–Crippen LogP) is 2.70. The molecule has 0 aromatic carbocycles. The lowest BCUT2D eigenvalue weighted by atomic mass is 9.83. The van der Waals surface area contributed by atoms with Crippen LogP contribution < -0.4 is 0 Å². The molecule has 0 saturated heterocycles. The summed E-state index contributed by atoms with van der Waals surface area (Å²) in [6.45, 7) is 0. The molecule has 0 amide bonds. The lowest BCUT2D eigenvalue weighted by Gasteiger charge is -2.21. The van der Waals surface area contributed by atoms with Crippen LogP contribution in [0.5, 0.6) is 0 Å². The standard InChI is InChI=1S/C12H13F3N2O3/c13-12(14,15)6-5-9-16-10(20-17-9)7-3-1-2-4-8(7)11(18)19/h1-2,7-8H,3-6H2,(H,18,19)/t7-,8+/m1/s1. The Morgan fingerprint density at radius 2 is 2.10 bits per heavy atom. The molecule has 1 N–H and O–H groups in total. The van der Waals surface area contributed by atoms with E-state index in [9.17, 15) is 18.0 Å². The van der Waals surface area contributed by atoms with Gasteiger partial charge in [0.25, 0.3) is 0 Å². The summed E-state index contributed by atoms with van der Waals surface area (Å²) in [5, 5.41) is 12.6.